The van der Waals surface area contributed by atoms with Crippen LogP contribution in [0.3, 0.4) is 0 Å². The van der Waals surface area contributed by atoms with Crippen molar-refractivity contribution in [2.45, 2.75) is 31.8 Å². The molecule has 2 heterocycles. The summed E-state index contributed by atoms with van der Waals surface area (Å²) < 4.78 is 51.6. The molecule has 1 aliphatic heterocycles. The number of rotatable bonds is 2. The van der Waals surface area contributed by atoms with E-state index in [0.717, 1.165) is 17.4 Å². The molecule has 25 heavy (non-hydrogen) atoms. The van der Waals surface area contributed by atoms with Crippen molar-refractivity contribution in [3.8, 4) is 0 Å². The van der Waals surface area contributed by atoms with Crippen LogP contribution in [-0.4, -0.2) is 53.3 Å². The fourth-order valence-corrected chi connectivity index (χ4v) is 4.99. The fraction of sp³-hybridized carbons (Fsp3) is 0.500. The predicted octanol–water partition coefficient (Wildman–Crippen LogP) is 3.90. The number of amides is 1. The third-order valence-corrected chi connectivity index (χ3v) is 6.03. The summed E-state index contributed by atoms with van der Waals surface area (Å²) in [4.78, 5) is 18.1. The summed E-state index contributed by atoms with van der Waals surface area (Å²) in [5, 5.41) is 0. The minimum Gasteiger partial charge on any atom is -0.340 e. The molecule has 1 unspecified atom stereocenters. The Morgan fingerprint density at radius 1 is 1.40 bits per heavy atom. The number of thiophene rings is 1. The minimum atomic E-state index is -4.55. The fourth-order valence-electron chi connectivity index (χ4n) is 2.21. The summed E-state index contributed by atoms with van der Waals surface area (Å²) >= 11 is 0.901. The van der Waals surface area contributed by atoms with Crippen LogP contribution in [0.2, 0.25) is 0 Å². The van der Waals surface area contributed by atoms with Gasteiger partial charge in [0.15, 0.2) is 0 Å². The number of nitrogens with zero attached hydrogens (tertiary/aromatic N) is 2. The quantitative estimate of drug-likeness (QED) is 0.715. The normalized spacial score (nSPS) is 19.1. The average Bonchev–Trinajstić information content (AvgIpc) is 2.98. The Labute approximate surface area is 151 Å². The molecule has 0 N–H and O–H groups in total. The highest BCUT2D eigenvalue weighted by atomic mass is 32.2. The van der Waals surface area contributed by atoms with Gasteiger partial charge in [0.1, 0.15) is 4.88 Å². The lowest BCUT2D eigenvalue weighted by Gasteiger charge is -2.13. The molecule has 9 heteroatoms. The van der Waals surface area contributed by atoms with Gasteiger partial charge in [0, 0.05) is 26.4 Å². The first-order valence-corrected chi connectivity index (χ1v) is 9.83. The molecule has 0 aromatic carbocycles. The van der Waals surface area contributed by atoms with Crippen molar-refractivity contribution >= 4 is 33.8 Å². The summed E-state index contributed by atoms with van der Waals surface area (Å²) in [5.74, 6) is -0.0636. The van der Waals surface area contributed by atoms with Gasteiger partial charge in [-0.1, -0.05) is 19.9 Å². The minimum absolute atomic E-state index is 0.194. The van der Waals surface area contributed by atoms with Crippen molar-refractivity contribution in [3.63, 3.8) is 0 Å². The van der Waals surface area contributed by atoms with E-state index in [1.807, 2.05) is 13.8 Å². The summed E-state index contributed by atoms with van der Waals surface area (Å²) in [6.45, 7) is 5.63. The van der Waals surface area contributed by atoms with Gasteiger partial charge in [0.2, 0.25) is 0 Å². The summed E-state index contributed by atoms with van der Waals surface area (Å²) in [5.41, 5.74) is -1.12. The summed E-state index contributed by atoms with van der Waals surface area (Å²) in [6.07, 6.45) is -3.61. The first kappa shape index (κ1) is 21.6. The molecule has 0 aliphatic carbocycles. The second kappa shape index (κ2) is 8.75. The molecule has 1 aromatic rings. The largest absolute Gasteiger partial charge is 0.418 e. The van der Waals surface area contributed by atoms with E-state index in [4.69, 9.17) is 0 Å². The van der Waals surface area contributed by atoms with Crippen LogP contribution in [0, 0.1) is 0 Å². The molecule has 1 amide bonds. The van der Waals surface area contributed by atoms with Crippen molar-refractivity contribution < 1.29 is 22.2 Å². The van der Waals surface area contributed by atoms with Crippen molar-refractivity contribution in [1.82, 2.24) is 4.90 Å². The number of fused-ring (bicyclic) bond motifs is 1. The van der Waals surface area contributed by atoms with Crippen LogP contribution in [0.4, 0.5) is 13.2 Å². The predicted molar refractivity (Wildman–Crippen MR) is 96.2 cm³/mol. The van der Waals surface area contributed by atoms with E-state index < -0.39 is 22.5 Å². The molecule has 0 saturated carbocycles. The van der Waals surface area contributed by atoms with E-state index in [1.54, 1.807) is 7.05 Å². The Morgan fingerprint density at radius 3 is 2.48 bits per heavy atom. The zero-order chi connectivity index (χ0) is 19.4. The molecule has 140 valence electrons. The van der Waals surface area contributed by atoms with Gasteiger partial charge < -0.3 is 4.90 Å². The monoisotopic (exact) mass is 394 g/mol. The van der Waals surface area contributed by atoms with Gasteiger partial charge in [0.25, 0.3) is 5.91 Å². The Morgan fingerprint density at radius 2 is 2.00 bits per heavy atom. The van der Waals surface area contributed by atoms with E-state index in [1.165, 1.54) is 24.9 Å². The van der Waals surface area contributed by atoms with Crippen LogP contribution >= 0.6 is 11.3 Å². The van der Waals surface area contributed by atoms with Gasteiger partial charge in [-0.3, -0.25) is 14.0 Å². The summed E-state index contributed by atoms with van der Waals surface area (Å²) in [6, 6.07) is 1.39. The van der Waals surface area contributed by atoms with E-state index in [-0.39, 0.29) is 32.0 Å². The number of allylic oxidation sites excluding steroid dienone is 2. The molecular formula is C16H21F3N2O2S2. The molecule has 2 rings (SSSR count). The Kier molecular flexibility index (Phi) is 7.55. The number of hydrogen-bond donors (Lipinski definition) is 0. The number of alkyl halides is 3. The van der Waals surface area contributed by atoms with Crippen LogP contribution in [0.5, 0.6) is 0 Å². The van der Waals surface area contributed by atoms with Crippen LogP contribution < -0.4 is 0 Å². The number of aliphatic imine (C=N–C) groups is 1. The van der Waals surface area contributed by atoms with Crippen LogP contribution in [0.25, 0.3) is 0 Å². The van der Waals surface area contributed by atoms with Gasteiger partial charge >= 0.3 is 6.18 Å². The molecule has 0 saturated heterocycles. The lowest BCUT2D eigenvalue weighted by Crippen LogP contribution is -2.27. The molecule has 0 radical (unpaired) electrons. The van der Waals surface area contributed by atoms with E-state index in [0.29, 0.717) is 6.54 Å². The highest BCUT2D eigenvalue weighted by Gasteiger charge is 2.38. The third-order valence-electron chi connectivity index (χ3n) is 3.40. The van der Waals surface area contributed by atoms with Crippen LogP contribution in [0.15, 0.2) is 27.6 Å². The number of carbonyl (C=O) groups is 1. The van der Waals surface area contributed by atoms with Gasteiger partial charge in [-0.25, -0.2) is 0 Å². The first-order valence-electron chi connectivity index (χ1n) is 7.69. The van der Waals surface area contributed by atoms with Gasteiger partial charge in [-0.05, 0) is 13.0 Å². The molecular weight excluding hydrogens is 373 g/mol. The number of halogens is 3. The topological polar surface area (TPSA) is 49.7 Å². The molecule has 0 bridgehead atoms. The molecule has 4 nitrogen and oxygen atoms in total. The second-order valence-corrected chi connectivity index (χ2v) is 7.44. The van der Waals surface area contributed by atoms with Crippen LogP contribution in [0.1, 0.15) is 35.3 Å². The zero-order valence-corrected chi connectivity index (χ0v) is 16.4. The zero-order valence-electron chi connectivity index (χ0n) is 14.7. The first-order chi connectivity index (χ1) is 11.7. The van der Waals surface area contributed by atoms with Crippen LogP contribution in [-0.2, 0) is 10.8 Å². The SMILES string of the molecule is C/C=C(\C(=NC)c1cc2c(s1)C(=O)N(C)CCS2=O)C(F)(F)F.CC. The van der Waals surface area contributed by atoms with E-state index in [9.17, 15) is 22.2 Å². The maximum absolute atomic E-state index is 13.1. The Hall–Kier alpha value is -1.48. The molecule has 0 spiro atoms. The average molecular weight is 394 g/mol. The maximum atomic E-state index is 13.1. The highest BCUT2D eigenvalue weighted by Crippen LogP contribution is 2.34. The maximum Gasteiger partial charge on any atom is 0.418 e. The number of hydrogen-bond acceptors (Lipinski definition) is 4. The molecule has 0 fully saturated rings. The van der Waals surface area contributed by atoms with E-state index in [2.05, 4.69) is 4.99 Å². The third kappa shape index (κ3) is 4.58. The van der Waals surface area contributed by atoms with E-state index >= 15 is 0 Å². The van der Waals surface area contributed by atoms with Crippen molar-refractivity contribution in [2.24, 2.45) is 4.99 Å². The van der Waals surface area contributed by atoms with Gasteiger partial charge in [0.05, 0.1) is 31.9 Å². The molecule has 1 aliphatic rings. The van der Waals surface area contributed by atoms with Crippen molar-refractivity contribution in [2.75, 3.05) is 26.4 Å². The Bertz CT molecular complexity index is 721. The Balaban J connectivity index is 0.00000151. The second-order valence-electron chi connectivity index (χ2n) is 4.85. The lowest BCUT2D eigenvalue weighted by molar-refractivity contribution is -0.0861. The smallest absolute Gasteiger partial charge is 0.340 e. The highest BCUT2D eigenvalue weighted by molar-refractivity contribution is 7.85. The van der Waals surface area contributed by atoms with Gasteiger partial charge in [-0.15, -0.1) is 11.3 Å². The lowest BCUT2D eigenvalue weighted by atomic mass is 10.1. The summed E-state index contributed by atoms with van der Waals surface area (Å²) in [7, 11) is 1.43. The molecule has 1 aromatic heterocycles. The molecule has 1 atom stereocenters. The van der Waals surface area contributed by atoms with Gasteiger partial charge in [-0.2, -0.15) is 13.2 Å². The van der Waals surface area contributed by atoms with Crippen molar-refractivity contribution in [3.05, 3.63) is 27.5 Å². The van der Waals surface area contributed by atoms with Crippen molar-refractivity contribution in [1.29, 1.82) is 0 Å². The standard InChI is InChI=1S/C14H15F3N2O2S2.C2H6/c1-4-8(14(15,16)17)11(18-2)9-7-10-12(22-9)13(20)19(3)5-6-23(10)21;1-2/h4,7H,5-6H2,1-3H3;1-2H3/b8-4+,18-11?;. The number of carbonyl (C=O) groups excluding carboxylic acids is 1.